The van der Waals surface area contributed by atoms with E-state index in [1.54, 1.807) is 18.1 Å². The smallest absolute Gasteiger partial charge is 0.326 e. The summed E-state index contributed by atoms with van der Waals surface area (Å²) in [5, 5.41) is 11.7. The summed E-state index contributed by atoms with van der Waals surface area (Å²) in [6, 6.07) is -1.30. The Labute approximate surface area is 117 Å². The maximum absolute atomic E-state index is 12.0. The Morgan fingerprint density at radius 2 is 2.35 bits per heavy atom. The average Bonchev–Trinajstić information content (AvgIpc) is 2.85. The first-order valence-electron chi connectivity index (χ1n) is 6.78. The van der Waals surface area contributed by atoms with Gasteiger partial charge in [0.1, 0.15) is 6.04 Å². The first kappa shape index (κ1) is 14.4. The van der Waals surface area contributed by atoms with Crippen molar-refractivity contribution in [2.45, 2.75) is 31.7 Å². The molecule has 0 radical (unpaired) electrons. The number of aromatic nitrogens is 2. The first-order valence-corrected chi connectivity index (χ1v) is 6.78. The highest BCUT2D eigenvalue weighted by molar-refractivity contribution is 5.82. The molecule has 2 rings (SSSR count). The van der Waals surface area contributed by atoms with Crippen molar-refractivity contribution < 1.29 is 14.7 Å². The van der Waals surface area contributed by atoms with E-state index in [4.69, 9.17) is 0 Å². The molecule has 1 aromatic rings. The number of hydrogen-bond acceptors (Lipinski definition) is 3. The molecule has 0 bridgehead atoms. The summed E-state index contributed by atoms with van der Waals surface area (Å²) >= 11 is 0. The maximum atomic E-state index is 12.0. The second-order valence-electron chi connectivity index (χ2n) is 5.30. The number of carbonyl (C=O) groups is 2. The predicted octanol–water partition coefficient (Wildman–Crippen LogP) is 0.847. The van der Waals surface area contributed by atoms with Gasteiger partial charge in [-0.1, -0.05) is 6.42 Å². The van der Waals surface area contributed by atoms with Crippen LogP contribution in [0, 0.1) is 5.92 Å². The highest BCUT2D eigenvalue weighted by Crippen LogP contribution is 2.26. The maximum Gasteiger partial charge on any atom is 0.326 e. The Morgan fingerprint density at radius 3 is 2.85 bits per heavy atom. The zero-order chi connectivity index (χ0) is 14.5. The largest absolute Gasteiger partial charge is 0.480 e. The number of nitrogens with one attached hydrogen (secondary N) is 2. The number of carbonyl (C=O) groups excluding carboxylic acids is 1. The number of imidazole rings is 1. The number of hydrogen-bond donors (Lipinski definition) is 3. The molecular weight excluding hydrogens is 260 g/mol. The first-order chi connectivity index (χ1) is 9.56. The van der Waals surface area contributed by atoms with Gasteiger partial charge in [-0.25, -0.2) is 14.6 Å². The topological polar surface area (TPSA) is 98.3 Å². The lowest BCUT2D eigenvalue weighted by Crippen LogP contribution is -2.49. The SMILES string of the molecule is CN(CC1CCC1)C(=O)N[C@@H](Cc1cnc[nH]1)C(=O)O. The van der Waals surface area contributed by atoms with Crippen LogP contribution >= 0.6 is 0 Å². The van der Waals surface area contributed by atoms with Gasteiger partial charge in [-0.15, -0.1) is 0 Å². The van der Waals surface area contributed by atoms with E-state index in [-0.39, 0.29) is 12.5 Å². The van der Waals surface area contributed by atoms with Gasteiger partial charge in [0.25, 0.3) is 0 Å². The van der Waals surface area contributed by atoms with E-state index in [0.29, 0.717) is 18.2 Å². The molecule has 1 aliphatic rings. The number of rotatable bonds is 6. The van der Waals surface area contributed by atoms with Crippen molar-refractivity contribution in [2.75, 3.05) is 13.6 Å². The second kappa shape index (κ2) is 6.40. The molecule has 0 aliphatic heterocycles. The molecule has 0 aromatic carbocycles. The minimum Gasteiger partial charge on any atom is -0.480 e. The van der Waals surface area contributed by atoms with E-state index < -0.39 is 12.0 Å². The fourth-order valence-corrected chi connectivity index (χ4v) is 2.22. The molecule has 110 valence electrons. The van der Waals surface area contributed by atoms with Gasteiger partial charge in [0.2, 0.25) is 0 Å². The molecule has 2 amide bonds. The third-order valence-corrected chi connectivity index (χ3v) is 3.68. The number of aromatic amines is 1. The fraction of sp³-hybridized carbons (Fsp3) is 0.615. The Morgan fingerprint density at radius 1 is 1.60 bits per heavy atom. The Hall–Kier alpha value is -2.05. The summed E-state index contributed by atoms with van der Waals surface area (Å²) in [5.74, 6) is -0.494. The van der Waals surface area contributed by atoms with Gasteiger partial charge >= 0.3 is 12.0 Å². The van der Waals surface area contributed by atoms with E-state index in [1.807, 2.05) is 0 Å². The van der Waals surface area contributed by atoms with Gasteiger partial charge in [0.15, 0.2) is 0 Å². The van der Waals surface area contributed by atoms with Crippen LogP contribution < -0.4 is 5.32 Å². The van der Waals surface area contributed by atoms with Crippen LogP contribution in [0.2, 0.25) is 0 Å². The fourth-order valence-electron chi connectivity index (χ4n) is 2.22. The zero-order valence-electron chi connectivity index (χ0n) is 11.5. The van der Waals surface area contributed by atoms with Crippen molar-refractivity contribution in [3.63, 3.8) is 0 Å². The summed E-state index contributed by atoms with van der Waals surface area (Å²) in [4.78, 5) is 31.4. The molecule has 3 N–H and O–H groups in total. The molecule has 1 heterocycles. The molecule has 1 fully saturated rings. The van der Waals surface area contributed by atoms with Gasteiger partial charge in [-0.05, 0) is 18.8 Å². The minimum atomic E-state index is -1.05. The van der Waals surface area contributed by atoms with E-state index in [2.05, 4.69) is 15.3 Å². The Bertz CT molecular complexity index is 456. The van der Waals surface area contributed by atoms with Gasteiger partial charge in [0.05, 0.1) is 6.33 Å². The van der Waals surface area contributed by atoms with Crippen LogP contribution in [0.4, 0.5) is 4.79 Å². The normalized spacial score (nSPS) is 16.2. The highest BCUT2D eigenvalue weighted by Gasteiger charge is 2.25. The number of nitrogens with zero attached hydrogens (tertiary/aromatic N) is 2. The summed E-state index contributed by atoms with van der Waals surface area (Å²) in [6.07, 6.45) is 6.75. The van der Waals surface area contributed by atoms with Crippen LogP contribution in [-0.4, -0.2) is 51.6 Å². The van der Waals surface area contributed by atoms with Crippen LogP contribution in [-0.2, 0) is 11.2 Å². The van der Waals surface area contributed by atoms with Crippen molar-refractivity contribution in [1.29, 1.82) is 0 Å². The highest BCUT2D eigenvalue weighted by atomic mass is 16.4. The van der Waals surface area contributed by atoms with Crippen molar-refractivity contribution in [3.05, 3.63) is 18.2 Å². The molecule has 1 saturated carbocycles. The third kappa shape index (κ3) is 3.72. The van der Waals surface area contributed by atoms with Gasteiger partial charge < -0.3 is 20.3 Å². The second-order valence-corrected chi connectivity index (χ2v) is 5.30. The number of amides is 2. The van der Waals surface area contributed by atoms with Gasteiger partial charge in [-0.3, -0.25) is 0 Å². The van der Waals surface area contributed by atoms with E-state index >= 15 is 0 Å². The van der Waals surface area contributed by atoms with Crippen molar-refractivity contribution in [2.24, 2.45) is 5.92 Å². The zero-order valence-corrected chi connectivity index (χ0v) is 11.5. The molecular formula is C13H20N4O3. The van der Waals surface area contributed by atoms with Gasteiger partial charge in [-0.2, -0.15) is 0 Å². The lowest BCUT2D eigenvalue weighted by molar-refractivity contribution is -0.139. The number of urea groups is 1. The molecule has 0 unspecified atom stereocenters. The lowest BCUT2D eigenvalue weighted by atomic mass is 9.85. The third-order valence-electron chi connectivity index (χ3n) is 3.68. The predicted molar refractivity (Wildman–Crippen MR) is 72.2 cm³/mol. The van der Waals surface area contributed by atoms with Gasteiger partial charge in [0, 0.05) is 31.9 Å². The van der Waals surface area contributed by atoms with Crippen LogP contribution in [0.3, 0.4) is 0 Å². The number of carboxylic acids is 1. The molecule has 1 aromatic heterocycles. The number of H-pyrrole nitrogens is 1. The summed E-state index contributed by atoms with van der Waals surface area (Å²) in [6.45, 7) is 0.683. The molecule has 1 aliphatic carbocycles. The molecule has 7 heteroatoms. The van der Waals surface area contributed by atoms with Crippen molar-refractivity contribution in [3.8, 4) is 0 Å². The van der Waals surface area contributed by atoms with Crippen molar-refractivity contribution >= 4 is 12.0 Å². The van der Waals surface area contributed by atoms with E-state index in [0.717, 1.165) is 12.8 Å². The number of carboxylic acid groups (broad SMARTS) is 1. The molecule has 20 heavy (non-hydrogen) atoms. The summed E-state index contributed by atoms with van der Waals surface area (Å²) < 4.78 is 0. The van der Waals surface area contributed by atoms with Crippen LogP contribution in [0.15, 0.2) is 12.5 Å². The van der Waals surface area contributed by atoms with Crippen LogP contribution in [0.1, 0.15) is 25.0 Å². The van der Waals surface area contributed by atoms with Crippen LogP contribution in [0.25, 0.3) is 0 Å². The average molecular weight is 280 g/mol. The van der Waals surface area contributed by atoms with E-state index in [9.17, 15) is 14.7 Å². The molecule has 1 atom stereocenters. The number of aliphatic carboxylic acids is 1. The monoisotopic (exact) mass is 280 g/mol. The summed E-state index contributed by atoms with van der Waals surface area (Å²) in [5.41, 5.74) is 0.680. The Kier molecular flexibility index (Phi) is 4.60. The van der Waals surface area contributed by atoms with E-state index in [1.165, 1.54) is 12.7 Å². The standard InChI is InChI=1S/C13H20N4O3/c1-17(7-9-3-2-4-9)13(20)16-11(12(18)19)5-10-6-14-8-15-10/h6,8-9,11H,2-5,7H2,1H3,(H,14,15)(H,16,20)(H,18,19)/t11-/m0/s1. The summed E-state index contributed by atoms with van der Waals surface area (Å²) in [7, 11) is 1.70. The minimum absolute atomic E-state index is 0.193. The molecule has 0 spiro atoms. The van der Waals surface area contributed by atoms with Crippen LogP contribution in [0.5, 0.6) is 0 Å². The molecule has 0 saturated heterocycles. The van der Waals surface area contributed by atoms with Crippen molar-refractivity contribution in [1.82, 2.24) is 20.2 Å². The molecule has 7 nitrogen and oxygen atoms in total. The quantitative estimate of drug-likeness (QED) is 0.719. The lowest BCUT2D eigenvalue weighted by Gasteiger charge is -2.30. The Balaban J connectivity index is 1.86.